The first-order valence-electron chi connectivity index (χ1n) is 7.48. The monoisotopic (exact) mass is 294 g/mol. The molecule has 7 heteroatoms. The van der Waals surface area contributed by atoms with E-state index in [0.717, 1.165) is 5.92 Å². The molecule has 0 unspecified atom stereocenters. The molecule has 1 amide bonds. The number of aromatic nitrogens is 3. The molecule has 0 radical (unpaired) electrons. The van der Waals surface area contributed by atoms with Gasteiger partial charge in [0.25, 0.3) is 0 Å². The maximum Gasteiger partial charge on any atom is 0.358 e. The number of aromatic carboxylic acids is 1. The predicted molar refractivity (Wildman–Crippen MR) is 75.7 cm³/mol. The topological polar surface area (TPSA) is 97.1 Å². The molecule has 1 heterocycles. The molecule has 0 spiro atoms. The molecule has 1 aromatic heterocycles. The van der Waals surface area contributed by atoms with Crippen LogP contribution in [-0.4, -0.2) is 38.5 Å². The van der Waals surface area contributed by atoms with Crippen molar-refractivity contribution in [3.05, 3.63) is 11.9 Å². The summed E-state index contributed by atoms with van der Waals surface area (Å²) in [6.45, 7) is 2.93. The number of carbonyl (C=O) groups excluding carboxylic acids is 1. The normalized spacial score (nSPS) is 22.0. The highest BCUT2D eigenvalue weighted by Gasteiger charge is 2.20. The van der Waals surface area contributed by atoms with Crippen molar-refractivity contribution in [2.24, 2.45) is 11.8 Å². The van der Waals surface area contributed by atoms with Crippen LogP contribution in [0.15, 0.2) is 6.20 Å². The van der Waals surface area contributed by atoms with E-state index in [0.29, 0.717) is 12.5 Å². The highest BCUT2D eigenvalue weighted by atomic mass is 16.4. The lowest BCUT2D eigenvalue weighted by atomic mass is 9.81. The molecule has 0 aliphatic heterocycles. The number of amides is 1. The van der Waals surface area contributed by atoms with Gasteiger partial charge < -0.3 is 10.4 Å². The van der Waals surface area contributed by atoms with E-state index in [2.05, 4.69) is 22.6 Å². The highest BCUT2D eigenvalue weighted by Crippen LogP contribution is 2.29. The summed E-state index contributed by atoms with van der Waals surface area (Å²) >= 11 is 0. The maximum absolute atomic E-state index is 11.8. The number of carboxylic acid groups (broad SMARTS) is 1. The summed E-state index contributed by atoms with van der Waals surface area (Å²) in [7, 11) is 0. The molecule has 1 aliphatic rings. The van der Waals surface area contributed by atoms with Crippen molar-refractivity contribution < 1.29 is 14.7 Å². The lowest BCUT2D eigenvalue weighted by Gasteiger charge is -2.27. The zero-order chi connectivity index (χ0) is 15.2. The van der Waals surface area contributed by atoms with Gasteiger partial charge in [-0.2, -0.15) is 0 Å². The minimum atomic E-state index is -1.14. The van der Waals surface area contributed by atoms with Crippen LogP contribution in [0.3, 0.4) is 0 Å². The Hall–Kier alpha value is -1.92. The molecule has 7 nitrogen and oxygen atoms in total. The second kappa shape index (κ2) is 7.19. The minimum Gasteiger partial charge on any atom is -0.476 e. The van der Waals surface area contributed by atoms with Crippen molar-refractivity contribution in [3.8, 4) is 0 Å². The highest BCUT2D eigenvalue weighted by molar-refractivity contribution is 5.84. The van der Waals surface area contributed by atoms with Gasteiger partial charge in [-0.3, -0.25) is 4.79 Å². The van der Waals surface area contributed by atoms with Gasteiger partial charge >= 0.3 is 5.97 Å². The summed E-state index contributed by atoms with van der Waals surface area (Å²) in [5, 5.41) is 18.7. The second-order valence-electron chi connectivity index (χ2n) is 5.71. The van der Waals surface area contributed by atoms with Gasteiger partial charge in [-0.05, 0) is 24.7 Å². The molecule has 2 N–H and O–H groups in total. The largest absolute Gasteiger partial charge is 0.476 e. The van der Waals surface area contributed by atoms with Gasteiger partial charge in [0, 0.05) is 6.54 Å². The van der Waals surface area contributed by atoms with E-state index >= 15 is 0 Å². The van der Waals surface area contributed by atoms with Crippen molar-refractivity contribution in [2.45, 2.75) is 45.6 Å². The van der Waals surface area contributed by atoms with Gasteiger partial charge in [-0.15, -0.1) is 5.10 Å². The molecule has 0 bridgehead atoms. The third-order valence-corrected chi connectivity index (χ3v) is 4.19. The SMILES string of the molecule is CCC1CCC(CNC(=O)Cn2cc(C(=O)O)nn2)CC1. The number of nitrogens with one attached hydrogen (secondary N) is 1. The van der Waals surface area contributed by atoms with Crippen molar-refractivity contribution in [1.29, 1.82) is 0 Å². The summed E-state index contributed by atoms with van der Waals surface area (Å²) in [6, 6.07) is 0. The second-order valence-corrected chi connectivity index (χ2v) is 5.71. The fourth-order valence-electron chi connectivity index (χ4n) is 2.78. The van der Waals surface area contributed by atoms with Crippen LogP contribution in [0.25, 0.3) is 0 Å². The number of hydrogen-bond donors (Lipinski definition) is 2. The van der Waals surface area contributed by atoms with E-state index in [4.69, 9.17) is 5.11 Å². The Morgan fingerprint density at radius 3 is 2.57 bits per heavy atom. The Balaban J connectivity index is 1.71. The molecule has 1 saturated carbocycles. The van der Waals surface area contributed by atoms with Crippen molar-refractivity contribution in [2.75, 3.05) is 6.54 Å². The molecular weight excluding hydrogens is 272 g/mol. The molecular formula is C14H22N4O3. The zero-order valence-corrected chi connectivity index (χ0v) is 12.3. The Bertz CT molecular complexity index is 492. The molecule has 0 saturated heterocycles. The third-order valence-electron chi connectivity index (χ3n) is 4.19. The van der Waals surface area contributed by atoms with E-state index in [9.17, 15) is 9.59 Å². The summed E-state index contributed by atoms with van der Waals surface area (Å²) in [6.07, 6.45) is 7.35. The Kier molecular flexibility index (Phi) is 5.30. The van der Waals surface area contributed by atoms with Crippen molar-refractivity contribution >= 4 is 11.9 Å². The Morgan fingerprint density at radius 1 is 1.33 bits per heavy atom. The molecule has 0 aromatic carbocycles. The smallest absolute Gasteiger partial charge is 0.358 e. The standard InChI is InChI=1S/C14H22N4O3/c1-2-10-3-5-11(6-4-10)7-15-13(19)9-18-8-12(14(20)21)16-17-18/h8,10-11H,2-7,9H2,1H3,(H,15,19)(H,20,21). The Morgan fingerprint density at radius 2 is 2.00 bits per heavy atom. The third kappa shape index (κ3) is 4.54. The van der Waals surface area contributed by atoms with Crippen LogP contribution < -0.4 is 5.32 Å². The fourth-order valence-corrected chi connectivity index (χ4v) is 2.78. The molecule has 0 atom stereocenters. The van der Waals surface area contributed by atoms with Gasteiger partial charge in [0.2, 0.25) is 5.91 Å². The van der Waals surface area contributed by atoms with Crippen LogP contribution in [-0.2, 0) is 11.3 Å². The van der Waals surface area contributed by atoms with E-state index in [-0.39, 0.29) is 18.1 Å². The van der Waals surface area contributed by atoms with E-state index < -0.39 is 5.97 Å². The molecule has 116 valence electrons. The molecule has 21 heavy (non-hydrogen) atoms. The van der Waals surface area contributed by atoms with E-state index in [1.807, 2.05) is 0 Å². The summed E-state index contributed by atoms with van der Waals surface area (Å²) < 4.78 is 1.24. The van der Waals surface area contributed by atoms with Crippen LogP contribution in [0.4, 0.5) is 0 Å². The first kappa shape index (κ1) is 15.5. The van der Waals surface area contributed by atoms with Gasteiger partial charge in [0.15, 0.2) is 5.69 Å². The van der Waals surface area contributed by atoms with E-state index in [1.54, 1.807) is 0 Å². The molecule has 1 aliphatic carbocycles. The number of carboxylic acids is 1. The van der Waals surface area contributed by atoms with Crippen molar-refractivity contribution in [1.82, 2.24) is 20.3 Å². The van der Waals surface area contributed by atoms with Crippen LogP contribution in [0.5, 0.6) is 0 Å². The van der Waals surface area contributed by atoms with Crippen LogP contribution in [0.2, 0.25) is 0 Å². The lowest BCUT2D eigenvalue weighted by Crippen LogP contribution is -2.33. The maximum atomic E-state index is 11.8. The van der Waals surface area contributed by atoms with Crippen molar-refractivity contribution in [3.63, 3.8) is 0 Å². The number of hydrogen-bond acceptors (Lipinski definition) is 4. The van der Waals surface area contributed by atoms with Gasteiger partial charge in [0.1, 0.15) is 6.54 Å². The van der Waals surface area contributed by atoms with Gasteiger partial charge in [0.05, 0.1) is 6.20 Å². The van der Waals surface area contributed by atoms with Gasteiger partial charge in [-0.1, -0.05) is 31.4 Å². The zero-order valence-electron chi connectivity index (χ0n) is 12.3. The quantitative estimate of drug-likeness (QED) is 0.824. The van der Waals surface area contributed by atoms with Crippen LogP contribution in [0.1, 0.15) is 49.5 Å². The minimum absolute atomic E-state index is 0.00455. The Labute approximate surface area is 123 Å². The summed E-state index contributed by atoms with van der Waals surface area (Å²) in [5.41, 5.74) is -0.152. The first-order valence-corrected chi connectivity index (χ1v) is 7.48. The average Bonchev–Trinajstić information content (AvgIpc) is 2.94. The fraction of sp³-hybridized carbons (Fsp3) is 0.714. The van der Waals surface area contributed by atoms with Crippen LogP contribution in [0, 0.1) is 11.8 Å². The molecule has 2 rings (SSSR count). The lowest BCUT2D eigenvalue weighted by molar-refractivity contribution is -0.122. The molecule has 1 aromatic rings. The molecule has 1 fully saturated rings. The van der Waals surface area contributed by atoms with E-state index in [1.165, 1.54) is 43.0 Å². The first-order chi connectivity index (χ1) is 10.1. The predicted octanol–water partition coefficient (Wildman–Crippen LogP) is 1.31. The summed E-state index contributed by atoms with van der Waals surface area (Å²) in [4.78, 5) is 22.5. The average molecular weight is 294 g/mol. The number of rotatable bonds is 6. The number of nitrogens with zero attached hydrogens (tertiary/aromatic N) is 3. The van der Waals surface area contributed by atoms with Crippen LogP contribution >= 0.6 is 0 Å². The summed E-state index contributed by atoms with van der Waals surface area (Å²) in [5.74, 6) is 0.104. The van der Waals surface area contributed by atoms with Gasteiger partial charge in [-0.25, -0.2) is 9.48 Å². The number of carbonyl (C=O) groups is 2.